The van der Waals surface area contributed by atoms with Crippen molar-refractivity contribution in [2.24, 2.45) is 0 Å². The van der Waals surface area contributed by atoms with Gasteiger partial charge in [0, 0.05) is 22.0 Å². The maximum absolute atomic E-state index is 13.2. The molecule has 3 nitrogen and oxygen atoms in total. The average molecular weight is 313 g/mol. The Morgan fingerprint density at radius 2 is 2.00 bits per heavy atom. The molecule has 0 radical (unpaired) electrons. The summed E-state index contributed by atoms with van der Waals surface area (Å²) in [7, 11) is 0. The lowest BCUT2D eigenvalue weighted by molar-refractivity contribution is 0.102. The lowest BCUT2D eigenvalue weighted by atomic mass is 10.2. The van der Waals surface area contributed by atoms with Crippen LogP contribution in [0.15, 0.2) is 30.3 Å². The number of carbonyl (C=O) groups is 1. The number of pyridine rings is 1. The van der Waals surface area contributed by atoms with Gasteiger partial charge in [0.2, 0.25) is 0 Å². The molecular formula is C14H11Cl2FN2O. The van der Waals surface area contributed by atoms with Crippen LogP contribution in [-0.4, -0.2) is 10.9 Å². The summed E-state index contributed by atoms with van der Waals surface area (Å²) in [6, 6.07) is 6.91. The van der Waals surface area contributed by atoms with Gasteiger partial charge in [0.15, 0.2) is 0 Å². The third kappa shape index (κ3) is 3.68. The minimum absolute atomic E-state index is 0.210. The van der Waals surface area contributed by atoms with Gasteiger partial charge in [-0.25, -0.2) is 9.37 Å². The van der Waals surface area contributed by atoms with Crippen molar-refractivity contribution >= 4 is 34.8 Å². The second-order valence-corrected chi connectivity index (χ2v) is 4.96. The van der Waals surface area contributed by atoms with Crippen LogP contribution in [-0.2, 0) is 6.42 Å². The van der Waals surface area contributed by atoms with Gasteiger partial charge in [-0.2, -0.15) is 0 Å². The van der Waals surface area contributed by atoms with E-state index in [2.05, 4.69) is 10.3 Å². The van der Waals surface area contributed by atoms with Crippen LogP contribution in [0.2, 0.25) is 10.2 Å². The summed E-state index contributed by atoms with van der Waals surface area (Å²) < 4.78 is 13.2. The maximum atomic E-state index is 13.2. The first-order valence-electron chi connectivity index (χ1n) is 5.92. The third-order valence-corrected chi connectivity index (χ3v) is 3.00. The van der Waals surface area contributed by atoms with Gasteiger partial charge in [0.05, 0.1) is 0 Å². The van der Waals surface area contributed by atoms with Crippen molar-refractivity contribution in [3.8, 4) is 0 Å². The van der Waals surface area contributed by atoms with Crippen LogP contribution in [0.4, 0.5) is 10.1 Å². The minimum Gasteiger partial charge on any atom is -0.322 e. The van der Waals surface area contributed by atoms with Crippen molar-refractivity contribution in [2.75, 3.05) is 5.32 Å². The second kappa shape index (κ2) is 6.20. The Labute approximate surface area is 125 Å². The fourth-order valence-electron chi connectivity index (χ4n) is 1.69. The Morgan fingerprint density at radius 1 is 1.25 bits per heavy atom. The first kappa shape index (κ1) is 14.8. The van der Waals surface area contributed by atoms with Crippen molar-refractivity contribution in [3.63, 3.8) is 0 Å². The smallest absolute Gasteiger partial charge is 0.255 e. The van der Waals surface area contributed by atoms with E-state index in [1.165, 1.54) is 18.2 Å². The summed E-state index contributed by atoms with van der Waals surface area (Å²) in [5.41, 5.74) is 1.35. The van der Waals surface area contributed by atoms with Gasteiger partial charge in [-0.3, -0.25) is 4.79 Å². The first-order chi connectivity index (χ1) is 9.47. The molecule has 0 aliphatic rings. The Morgan fingerprint density at radius 3 is 2.65 bits per heavy atom. The second-order valence-electron chi connectivity index (χ2n) is 4.14. The summed E-state index contributed by atoms with van der Waals surface area (Å²) in [4.78, 5) is 16.2. The summed E-state index contributed by atoms with van der Waals surface area (Å²) in [6.45, 7) is 1.91. The van der Waals surface area contributed by atoms with E-state index in [1.54, 1.807) is 6.07 Å². The monoisotopic (exact) mass is 312 g/mol. The number of benzene rings is 1. The zero-order valence-electron chi connectivity index (χ0n) is 10.6. The van der Waals surface area contributed by atoms with Gasteiger partial charge in [0.25, 0.3) is 5.91 Å². The molecule has 0 atom stereocenters. The average Bonchev–Trinajstić information content (AvgIpc) is 2.36. The highest BCUT2D eigenvalue weighted by Gasteiger charge is 2.10. The van der Waals surface area contributed by atoms with Crippen LogP contribution in [0.5, 0.6) is 0 Å². The molecule has 0 aliphatic heterocycles. The molecule has 0 saturated carbocycles. The molecule has 1 heterocycles. The fourth-order valence-corrected chi connectivity index (χ4v) is 2.14. The number of halogens is 3. The lowest BCUT2D eigenvalue weighted by Crippen LogP contribution is -2.13. The number of hydrogen-bond donors (Lipinski definition) is 1. The van der Waals surface area contributed by atoms with Crippen LogP contribution in [0.3, 0.4) is 0 Å². The van der Waals surface area contributed by atoms with Crippen LogP contribution >= 0.6 is 23.2 Å². The molecule has 104 valence electrons. The number of nitrogens with one attached hydrogen (secondary N) is 1. The fraction of sp³-hybridized carbons (Fsp3) is 0.143. The van der Waals surface area contributed by atoms with Crippen LogP contribution in [0, 0.1) is 5.82 Å². The lowest BCUT2D eigenvalue weighted by Gasteiger charge is -2.07. The summed E-state index contributed by atoms with van der Waals surface area (Å²) in [6.07, 6.45) is 0.659. The SMILES string of the molecule is CCc1cc(C(=O)Nc2cc(F)cc(Cl)c2)cc(Cl)n1. The van der Waals surface area contributed by atoms with Gasteiger partial charge in [-0.1, -0.05) is 30.1 Å². The predicted octanol–water partition coefficient (Wildman–Crippen LogP) is 4.34. The zero-order chi connectivity index (χ0) is 14.7. The Hall–Kier alpha value is -1.65. The molecule has 0 saturated heterocycles. The number of nitrogens with zero attached hydrogens (tertiary/aromatic N) is 1. The van der Waals surface area contributed by atoms with Gasteiger partial charge in [-0.15, -0.1) is 0 Å². The number of carbonyl (C=O) groups excluding carboxylic acids is 1. The Balaban J connectivity index is 2.25. The molecule has 1 amide bonds. The van der Waals surface area contributed by atoms with E-state index in [9.17, 15) is 9.18 Å². The molecule has 2 aromatic rings. The van der Waals surface area contributed by atoms with E-state index in [4.69, 9.17) is 23.2 Å². The molecule has 0 spiro atoms. The highest BCUT2D eigenvalue weighted by Crippen LogP contribution is 2.19. The molecule has 0 unspecified atom stereocenters. The number of rotatable bonds is 3. The minimum atomic E-state index is -0.519. The molecule has 2 rings (SSSR count). The summed E-state index contributed by atoms with van der Waals surface area (Å²) in [5.74, 6) is -0.916. The molecule has 6 heteroatoms. The first-order valence-corrected chi connectivity index (χ1v) is 6.67. The molecule has 0 fully saturated rings. The number of anilines is 1. The quantitative estimate of drug-likeness (QED) is 0.856. The van der Waals surface area contributed by atoms with E-state index >= 15 is 0 Å². The molecule has 0 bridgehead atoms. The summed E-state index contributed by atoms with van der Waals surface area (Å²) in [5, 5.41) is 3.02. The normalized spacial score (nSPS) is 10.4. The number of aryl methyl sites for hydroxylation is 1. The van der Waals surface area contributed by atoms with Gasteiger partial charge in [-0.05, 0) is 36.8 Å². The molecule has 0 aliphatic carbocycles. The topological polar surface area (TPSA) is 42.0 Å². The molecule has 1 N–H and O–H groups in total. The summed E-state index contributed by atoms with van der Waals surface area (Å²) >= 11 is 11.6. The van der Waals surface area contributed by atoms with Crippen LogP contribution < -0.4 is 5.32 Å². The number of hydrogen-bond acceptors (Lipinski definition) is 2. The largest absolute Gasteiger partial charge is 0.322 e. The molecule has 1 aromatic heterocycles. The van der Waals surface area contributed by atoms with Gasteiger partial charge < -0.3 is 5.32 Å². The molecular weight excluding hydrogens is 302 g/mol. The van der Waals surface area contributed by atoms with Crippen molar-refractivity contribution in [2.45, 2.75) is 13.3 Å². The van der Waals surface area contributed by atoms with E-state index in [-0.39, 0.29) is 15.9 Å². The van der Waals surface area contributed by atoms with E-state index < -0.39 is 11.7 Å². The Kier molecular flexibility index (Phi) is 4.57. The Bertz CT molecular complexity index is 641. The zero-order valence-corrected chi connectivity index (χ0v) is 12.1. The van der Waals surface area contributed by atoms with E-state index in [0.29, 0.717) is 17.7 Å². The van der Waals surface area contributed by atoms with Crippen LogP contribution in [0.25, 0.3) is 0 Å². The molecule has 20 heavy (non-hydrogen) atoms. The van der Waals surface area contributed by atoms with Gasteiger partial charge in [0.1, 0.15) is 11.0 Å². The number of amides is 1. The van der Waals surface area contributed by atoms with E-state index in [0.717, 1.165) is 6.07 Å². The van der Waals surface area contributed by atoms with Crippen molar-refractivity contribution in [1.29, 1.82) is 0 Å². The van der Waals surface area contributed by atoms with Gasteiger partial charge >= 0.3 is 0 Å². The van der Waals surface area contributed by atoms with Crippen molar-refractivity contribution in [3.05, 3.63) is 57.6 Å². The molecule has 1 aromatic carbocycles. The standard InChI is InChI=1S/C14H11Cl2FN2O/c1-2-11-3-8(4-13(16)18-11)14(20)19-12-6-9(15)5-10(17)7-12/h3-7H,2H2,1H3,(H,19,20). The predicted molar refractivity (Wildman–Crippen MR) is 78.0 cm³/mol. The third-order valence-electron chi connectivity index (χ3n) is 2.59. The highest BCUT2D eigenvalue weighted by atomic mass is 35.5. The van der Waals surface area contributed by atoms with Crippen LogP contribution in [0.1, 0.15) is 23.0 Å². The maximum Gasteiger partial charge on any atom is 0.255 e. The van der Waals surface area contributed by atoms with Crippen molar-refractivity contribution in [1.82, 2.24) is 4.98 Å². The van der Waals surface area contributed by atoms with Crippen molar-refractivity contribution < 1.29 is 9.18 Å². The number of aromatic nitrogens is 1. The van der Waals surface area contributed by atoms with E-state index in [1.807, 2.05) is 6.92 Å². The highest BCUT2D eigenvalue weighted by molar-refractivity contribution is 6.31.